The Morgan fingerprint density at radius 2 is 2.00 bits per heavy atom. The Hall–Kier alpha value is -1.43. The average Bonchev–Trinajstić information content (AvgIpc) is 3.02. The minimum Gasteiger partial charge on any atom is -0.350 e. The number of halogens is 3. The third-order valence-corrected chi connectivity index (χ3v) is 4.79. The Labute approximate surface area is 147 Å². The number of hydrogen-bond acceptors (Lipinski definition) is 3. The molecule has 0 aliphatic carbocycles. The number of rotatable bonds is 6. The van der Waals surface area contributed by atoms with E-state index in [1.54, 1.807) is 19.1 Å². The molecule has 7 heteroatoms. The minimum atomic E-state index is -0.597. The fraction of sp³-hybridized carbons (Fsp3) is 0.250. The van der Waals surface area contributed by atoms with Crippen LogP contribution in [0.5, 0.6) is 0 Å². The van der Waals surface area contributed by atoms with Gasteiger partial charge in [0.25, 0.3) is 0 Å². The summed E-state index contributed by atoms with van der Waals surface area (Å²) < 4.78 is 13.5. The zero-order valence-corrected chi connectivity index (χ0v) is 14.6. The van der Waals surface area contributed by atoms with Crippen molar-refractivity contribution in [2.45, 2.75) is 25.8 Å². The second kappa shape index (κ2) is 7.90. The summed E-state index contributed by atoms with van der Waals surface area (Å²) in [5.41, 5.74) is 0.437. The van der Waals surface area contributed by atoms with Gasteiger partial charge in [0.1, 0.15) is 5.82 Å². The lowest BCUT2D eigenvalue weighted by atomic mass is 10.1. The van der Waals surface area contributed by atoms with Crippen LogP contribution in [-0.4, -0.2) is 11.7 Å². The summed E-state index contributed by atoms with van der Waals surface area (Å²) in [6.07, 6.45) is 0.191. The molecule has 1 atom stereocenters. The predicted molar refractivity (Wildman–Crippen MR) is 90.9 cm³/mol. The van der Waals surface area contributed by atoms with Crippen LogP contribution in [0.4, 0.5) is 4.39 Å². The van der Waals surface area contributed by atoms with E-state index in [1.807, 2.05) is 5.38 Å². The van der Waals surface area contributed by atoms with Crippen LogP contribution in [0.25, 0.3) is 0 Å². The van der Waals surface area contributed by atoms with Crippen LogP contribution in [0.2, 0.25) is 10.0 Å². The molecule has 0 spiro atoms. The molecule has 122 valence electrons. The van der Waals surface area contributed by atoms with Gasteiger partial charge in [-0.3, -0.25) is 9.59 Å². The van der Waals surface area contributed by atoms with Crippen molar-refractivity contribution in [2.24, 2.45) is 0 Å². The smallest absolute Gasteiger partial charge is 0.220 e. The topological polar surface area (TPSA) is 46.2 Å². The molecular formula is C16H14Cl2FNO2S. The van der Waals surface area contributed by atoms with Crippen LogP contribution in [0.3, 0.4) is 0 Å². The highest BCUT2D eigenvalue weighted by Crippen LogP contribution is 2.28. The predicted octanol–water partition coefficient (Wildman–Crippen LogP) is 5.03. The summed E-state index contributed by atoms with van der Waals surface area (Å²) in [6, 6.07) is 5.53. The molecule has 23 heavy (non-hydrogen) atoms. The van der Waals surface area contributed by atoms with Crippen LogP contribution in [0, 0.1) is 5.82 Å². The largest absolute Gasteiger partial charge is 0.350 e. The number of carbonyl (C=O) groups is 2. The van der Waals surface area contributed by atoms with Gasteiger partial charge >= 0.3 is 0 Å². The standard InChI is InChI=1S/C16H14Cl2FNO2S/c1-9(10-7-13(19)12(18)8-11(10)17)20-16(22)5-4-14(21)15-3-2-6-23-15/h2-3,6-9H,4-5H2,1H3,(H,20,22)/t9-/m0/s1. The Morgan fingerprint density at radius 3 is 2.65 bits per heavy atom. The molecule has 1 aromatic heterocycles. The van der Waals surface area contributed by atoms with Gasteiger partial charge < -0.3 is 5.32 Å². The third kappa shape index (κ3) is 4.77. The van der Waals surface area contributed by atoms with Crippen LogP contribution in [0.15, 0.2) is 29.6 Å². The van der Waals surface area contributed by atoms with Gasteiger partial charge in [0, 0.05) is 17.9 Å². The Balaban J connectivity index is 1.92. The fourth-order valence-electron chi connectivity index (χ4n) is 2.05. The number of nitrogens with one attached hydrogen (secondary N) is 1. The zero-order valence-electron chi connectivity index (χ0n) is 12.2. The lowest BCUT2D eigenvalue weighted by molar-refractivity contribution is -0.121. The van der Waals surface area contributed by atoms with E-state index in [2.05, 4.69) is 5.32 Å². The SMILES string of the molecule is C[C@H](NC(=O)CCC(=O)c1cccs1)c1cc(F)c(Cl)cc1Cl. The molecule has 3 nitrogen and oxygen atoms in total. The average molecular weight is 374 g/mol. The highest BCUT2D eigenvalue weighted by Gasteiger charge is 2.16. The maximum atomic E-state index is 13.5. The van der Waals surface area contributed by atoms with E-state index in [-0.39, 0.29) is 34.6 Å². The van der Waals surface area contributed by atoms with Crippen molar-refractivity contribution in [3.05, 3.63) is 55.9 Å². The molecule has 0 fully saturated rings. The first-order chi connectivity index (χ1) is 10.9. The van der Waals surface area contributed by atoms with Gasteiger partial charge in [-0.1, -0.05) is 29.3 Å². The third-order valence-electron chi connectivity index (χ3n) is 3.26. The number of hydrogen-bond donors (Lipinski definition) is 1. The Bertz CT molecular complexity index is 719. The number of thiophene rings is 1. The first kappa shape index (κ1) is 17.9. The summed E-state index contributed by atoms with van der Waals surface area (Å²) in [7, 11) is 0. The maximum Gasteiger partial charge on any atom is 0.220 e. The lowest BCUT2D eigenvalue weighted by Crippen LogP contribution is -2.27. The number of benzene rings is 1. The second-order valence-corrected chi connectivity index (χ2v) is 6.74. The molecule has 1 amide bonds. The van der Waals surface area contributed by atoms with Crippen molar-refractivity contribution < 1.29 is 14.0 Å². The summed E-state index contributed by atoms with van der Waals surface area (Å²) in [5.74, 6) is -0.966. The Morgan fingerprint density at radius 1 is 1.26 bits per heavy atom. The zero-order chi connectivity index (χ0) is 17.0. The molecule has 0 saturated heterocycles. The highest BCUT2D eigenvalue weighted by molar-refractivity contribution is 7.12. The van der Waals surface area contributed by atoms with E-state index in [0.29, 0.717) is 10.4 Å². The van der Waals surface area contributed by atoms with Crippen LogP contribution in [-0.2, 0) is 4.79 Å². The van der Waals surface area contributed by atoms with Crippen molar-refractivity contribution in [3.8, 4) is 0 Å². The summed E-state index contributed by atoms with van der Waals surface area (Å²) >= 11 is 13.0. The molecule has 0 aliphatic heterocycles. The number of ketones is 1. The van der Waals surface area contributed by atoms with Gasteiger partial charge in [-0.2, -0.15) is 0 Å². The lowest BCUT2D eigenvalue weighted by Gasteiger charge is -2.16. The van der Waals surface area contributed by atoms with Crippen molar-refractivity contribution in [1.29, 1.82) is 0 Å². The molecule has 0 unspecified atom stereocenters. The van der Waals surface area contributed by atoms with E-state index in [1.165, 1.54) is 23.5 Å². The monoisotopic (exact) mass is 373 g/mol. The summed E-state index contributed by atoms with van der Waals surface area (Å²) in [4.78, 5) is 24.4. The van der Waals surface area contributed by atoms with Gasteiger partial charge in [-0.15, -0.1) is 11.3 Å². The minimum absolute atomic E-state index is 0.0643. The van der Waals surface area contributed by atoms with Crippen molar-refractivity contribution in [1.82, 2.24) is 5.32 Å². The molecule has 1 N–H and O–H groups in total. The van der Waals surface area contributed by atoms with Crippen molar-refractivity contribution in [2.75, 3.05) is 0 Å². The van der Waals surface area contributed by atoms with Crippen molar-refractivity contribution in [3.63, 3.8) is 0 Å². The molecule has 0 bridgehead atoms. The van der Waals surface area contributed by atoms with Crippen LogP contribution < -0.4 is 5.32 Å². The van der Waals surface area contributed by atoms with E-state index >= 15 is 0 Å². The van der Waals surface area contributed by atoms with Crippen LogP contribution in [0.1, 0.15) is 41.0 Å². The molecular weight excluding hydrogens is 360 g/mol. The van der Waals surface area contributed by atoms with Crippen LogP contribution >= 0.6 is 34.5 Å². The second-order valence-electron chi connectivity index (χ2n) is 4.98. The fourth-order valence-corrected chi connectivity index (χ4v) is 3.29. The van der Waals surface area contributed by atoms with Gasteiger partial charge in [-0.25, -0.2) is 4.39 Å². The highest BCUT2D eigenvalue weighted by atomic mass is 35.5. The van der Waals surface area contributed by atoms with E-state index in [0.717, 1.165) is 0 Å². The summed E-state index contributed by atoms with van der Waals surface area (Å²) in [5, 5.41) is 4.72. The van der Waals surface area contributed by atoms with E-state index < -0.39 is 11.9 Å². The van der Waals surface area contributed by atoms with Gasteiger partial charge in [-0.05, 0) is 36.1 Å². The number of amides is 1. The van der Waals surface area contributed by atoms with Gasteiger partial charge in [0.15, 0.2) is 5.78 Å². The van der Waals surface area contributed by atoms with E-state index in [4.69, 9.17) is 23.2 Å². The van der Waals surface area contributed by atoms with E-state index in [9.17, 15) is 14.0 Å². The molecule has 1 heterocycles. The molecule has 2 rings (SSSR count). The number of carbonyl (C=O) groups excluding carboxylic acids is 2. The van der Waals surface area contributed by atoms with Gasteiger partial charge in [0.2, 0.25) is 5.91 Å². The molecule has 1 aromatic carbocycles. The normalized spacial score (nSPS) is 12.0. The molecule has 0 aliphatic rings. The first-order valence-electron chi connectivity index (χ1n) is 6.89. The number of Topliss-reactive ketones (excluding diaryl/α,β-unsaturated/α-hetero) is 1. The molecule has 2 aromatic rings. The maximum absolute atomic E-state index is 13.5. The first-order valence-corrected chi connectivity index (χ1v) is 8.52. The van der Waals surface area contributed by atoms with Gasteiger partial charge in [0.05, 0.1) is 15.9 Å². The molecule has 0 radical (unpaired) electrons. The quantitative estimate of drug-likeness (QED) is 0.569. The summed E-state index contributed by atoms with van der Waals surface area (Å²) in [6.45, 7) is 1.69. The van der Waals surface area contributed by atoms with Crippen molar-refractivity contribution >= 4 is 46.2 Å². The Kier molecular flexibility index (Phi) is 6.16. The molecule has 0 saturated carbocycles.